The van der Waals surface area contributed by atoms with Crippen LogP contribution in [0.2, 0.25) is 0 Å². The molecule has 54 heavy (non-hydrogen) atoms. The van der Waals surface area contributed by atoms with Crippen LogP contribution >= 0.6 is 0 Å². The molecular formula is C42H31N5O7. The van der Waals surface area contributed by atoms with Gasteiger partial charge in [-0.3, -0.25) is 34.4 Å². The van der Waals surface area contributed by atoms with Crippen LogP contribution in [-0.2, 0) is 9.59 Å². The first-order valence-corrected chi connectivity index (χ1v) is 17.6. The minimum absolute atomic E-state index is 0.0309. The van der Waals surface area contributed by atoms with Crippen molar-refractivity contribution < 1.29 is 33.4 Å². The number of benzene rings is 3. The molecule has 1 unspecified atom stereocenters. The van der Waals surface area contributed by atoms with Crippen LogP contribution < -0.4 is 19.5 Å². The monoisotopic (exact) mass is 717 g/mol. The maximum atomic E-state index is 13.0. The second-order valence-corrected chi connectivity index (χ2v) is 13.4. The fourth-order valence-corrected chi connectivity index (χ4v) is 7.03. The summed E-state index contributed by atoms with van der Waals surface area (Å²) in [5, 5.41) is 4.44. The van der Waals surface area contributed by atoms with Crippen LogP contribution in [0.15, 0.2) is 97.5 Å². The van der Waals surface area contributed by atoms with Gasteiger partial charge in [-0.15, -0.1) is 0 Å². The summed E-state index contributed by atoms with van der Waals surface area (Å²) < 4.78 is 18.0. The molecule has 2 N–H and O–H groups in total. The van der Waals surface area contributed by atoms with Crippen molar-refractivity contribution in [1.29, 1.82) is 0 Å². The lowest BCUT2D eigenvalue weighted by molar-refractivity contribution is -0.136. The van der Waals surface area contributed by atoms with Gasteiger partial charge in [-0.25, -0.2) is 4.98 Å². The highest BCUT2D eigenvalue weighted by Gasteiger charge is 2.44. The van der Waals surface area contributed by atoms with Crippen molar-refractivity contribution in [3.63, 3.8) is 0 Å². The van der Waals surface area contributed by atoms with E-state index in [1.165, 1.54) is 12.1 Å². The fraction of sp³-hybridized carbons (Fsp3) is 0.190. The summed E-state index contributed by atoms with van der Waals surface area (Å²) in [6, 6.07) is 23.3. The Morgan fingerprint density at radius 1 is 0.759 bits per heavy atom. The summed E-state index contributed by atoms with van der Waals surface area (Å²) in [5.41, 5.74) is 5.31. The molecule has 3 aromatic heterocycles. The van der Waals surface area contributed by atoms with Gasteiger partial charge in [0.15, 0.2) is 0 Å². The zero-order chi connectivity index (χ0) is 36.8. The summed E-state index contributed by atoms with van der Waals surface area (Å²) >= 11 is 0. The van der Waals surface area contributed by atoms with Gasteiger partial charge in [-0.2, -0.15) is 0 Å². The van der Waals surface area contributed by atoms with Crippen LogP contribution in [0.25, 0.3) is 32.9 Å². The largest absolute Gasteiger partial charge is 0.490 e. The summed E-state index contributed by atoms with van der Waals surface area (Å²) in [6.07, 6.45) is 7.24. The van der Waals surface area contributed by atoms with Gasteiger partial charge in [0.1, 0.15) is 36.4 Å². The quantitative estimate of drug-likeness (QED) is 0.151. The number of carbonyl (C=O) groups excluding carboxylic acids is 4. The van der Waals surface area contributed by atoms with E-state index in [1.54, 1.807) is 12.3 Å². The van der Waals surface area contributed by atoms with E-state index in [0.29, 0.717) is 11.6 Å². The Labute approximate surface area is 308 Å². The summed E-state index contributed by atoms with van der Waals surface area (Å²) in [7, 11) is 0. The Kier molecular flexibility index (Phi) is 8.23. The first-order chi connectivity index (χ1) is 26.4. The van der Waals surface area contributed by atoms with Crippen LogP contribution in [0, 0.1) is 11.8 Å². The number of ether oxygens (including phenoxy) is 3. The number of H-pyrrole nitrogens is 1. The van der Waals surface area contributed by atoms with E-state index < -0.39 is 29.7 Å². The Bertz CT molecular complexity index is 2550. The minimum Gasteiger partial charge on any atom is -0.490 e. The molecule has 6 aromatic rings. The predicted octanol–water partition coefficient (Wildman–Crippen LogP) is 5.60. The van der Waals surface area contributed by atoms with Gasteiger partial charge in [0, 0.05) is 76.9 Å². The number of nitrogens with zero attached hydrogens (tertiary/aromatic N) is 3. The van der Waals surface area contributed by atoms with Crippen molar-refractivity contribution in [3.05, 3.63) is 114 Å². The fourth-order valence-electron chi connectivity index (χ4n) is 7.03. The third-order valence-corrected chi connectivity index (χ3v) is 9.92. The lowest BCUT2D eigenvalue weighted by Gasteiger charge is -2.35. The van der Waals surface area contributed by atoms with E-state index >= 15 is 0 Å². The van der Waals surface area contributed by atoms with Crippen LogP contribution in [0.1, 0.15) is 52.0 Å². The number of imide groups is 2. The smallest absolute Gasteiger partial charge is 0.262 e. The number of rotatable bonds is 8. The standard InChI is InChI=1S/C42H31N5O7/c48-38-13-12-37(40(49)46-38)47-41(50)32-11-9-28(21-33(32)42(47)51)52-17-1-2-24-3-7-27(8-4-24)53-29-19-30(20-29)54-39-14-6-26(22-44-39)25-5-10-31-34-23-43-16-15-35(34)45-36(31)18-25/h3-11,14-16,18,21-23,29-30,37,45H,12-13,17,19-20H2,(H,46,48,49). The Morgan fingerprint density at radius 3 is 2.37 bits per heavy atom. The van der Waals surface area contributed by atoms with Gasteiger partial charge in [-0.1, -0.05) is 24.0 Å². The molecule has 2 fully saturated rings. The predicted molar refractivity (Wildman–Crippen MR) is 197 cm³/mol. The number of pyridine rings is 2. The minimum atomic E-state index is -1.02. The molecule has 1 saturated carbocycles. The molecule has 4 amide bonds. The van der Waals surface area contributed by atoms with Crippen molar-refractivity contribution in [1.82, 2.24) is 25.2 Å². The van der Waals surface area contributed by atoms with Gasteiger partial charge < -0.3 is 19.2 Å². The molecule has 9 rings (SSSR count). The summed E-state index contributed by atoms with van der Waals surface area (Å²) in [4.78, 5) is 62.9. The lowest BCUT2D eigenvalue weighted by atomic mass is 9.92. The molecule has 3 aliphatic rings. The van der Waals surface area contributed by atoms with Crippen LogP contribution in [0.3, 0.4) is 0 Å². The van der Waals surface area contributed by atoms with Gasteiger partial charge in [0.05, 0.1) is 11.1 Å². The Morgan fingerprint density at radius 2 is 1.56 bits per heavy atom. The lowest BCUT2D eigenvalue weighted by Crippen LogP contribution is -2.54. The van der Waals surface area contributed by atoms with E-state index in [2.05, 4.69) is 50.3 Å². The number of piperidine rings is 1. The van der Waals surface area contributed by atoms with Crippen molar-refractivity contribution in [2.75, 3.05) is 6.61 Å². The molecule has 1 atom stereocenters. The number of carbonyl (C=O) groups is 4. The average Bonchev–Trinajstić information content (AvgIpc) is 3.66. The Hall–Kier alpha value is -7.00. The molecule has 2 aliphatic heterocycles. The summed E-state index contributed by atoms with van der Waals surface area (Å²) in [5.74, 6) is 5.47. The van der Waals surface area contributed by atoms with Crippen LogP contribution in [0.5, 0.6) is 17.4 Å². The summed E-state index contributed by atoms with van der Waals surface area (Å²) in [6.45, 7) is 0.0515. The van der Waals surface area contributed by atoms with Gasteiger partial charge in [0.25, 0.3) is 11.8 Å². The number of aromatic amines is 1. The van der Waals surface area contributed by atoms with E-state index in [-0.39, 0.29) is 42.8 Å². The molecule has 0 radical (unpaired) electrons. The molecule has 0 bridgehead atoms. The van der Waals surface area contributed by atoms with Gasteiger partial charge in [0.2, 0.25) is 17.7 Å². The van der Waals surface area contributed by atoms with Gasteiger partial charge in [-0.05, 0) is 72.6 Å². The van der Waals surface area contributed by atoms with Crippen molar-refractivity contribution in [3.8, 4) is 40.3 Å². The highest BCUT2D eigenvalue weighted by Crippen LogP contribution is 2.33. The van der Waals surface area contributed by atoms with E-state index in [4.69, 9.17) is 14.2 Å². The highest BCUT2D eigenvalue weighted by molar-refractivity contribution is 6.23. The first kappa shape index (κ1) is 32.9. The Balaban J connectivity index is 0.733. The maximum Gasteiger partial charge on any atom is 0.262 e. The average molecular weight is 718 g/mol. The van der Waals surface area contributed by atoms with E-state index in [9.17, 15) is 19.2 Å². The second kappa shape index (κ2) is 13.5. The van der Waals surface area contributed by atoms with E-state index in [0.717, 1.165) is 62.0 Å². The normalized spacial score (nSPS) is 19.2. The third kappa shape index (κ3) is 6.26. The molecule has 266 valence electrons. The molecular weight excluding hydrogens is 686 g/mol. The molecule has 1 saturated heterocycles. The SMILES string of the molecule is O=C1CCC(N2C(=O)c3ccc(OCC#Cc4ccc(OC5CC(Oc6ccc(-c7ccc8c(c7)[nH]c7ccncc78)cn6)C5)cc4)cc3C2=O)C(=O)N1. The van der Waals surface area contributed by atoms with E-state index in [1.807, 2.05) is 54.9 Å². The van der Waals surface area contributed by atoms with Crippen molar-refractivity contribution in [2.24, 2.45) is 0 Å². The molecule has 12 heteroatoms. The molecule has 3 aromatic carbocycles. The topological polar surface area (TPSA) is 153 Å². The number of fused-ring (bicyclic) bond motifs is 4. The number of nitrogens with one attached hydrogen (secondary N) is 2. The van der Waals surface area contributed by atoms with Crippen molar-refractivity contribution >= 4 is 45.4 Å². The second-order valence-electron chi connectivity index (χ2n) is 13.4. The van der Waals surface area contributed by atoms with Crippen LogP contribution in [-0.4, -0.2) is 68.3 Å². The zero-order valence-corrected chi connectivity index (χ0v) is 28.7. The molecule has 0 spiro atoms. The molecule has 12 nitrogen and oxygen atoms in total. The molecule has 5 heterocycles. The number of amides is 4. The van der Waals surface area contributed by atoms with Gasteiger partial charge >= 0.3 is 0 Å². The maximum absolute atomic E-state index is 13.0. The number of hydrogen-bond donors (Lipinski definition) is 2. The highest BCUT2D eigenvalue weighted by atomic mass is 16.5. The first-order valence-electron chi connectivity index (χ1n) is 17.6. The number of aromatic nitrogens is 3. The zero-order valence-electron chi connectivity index (χ0n) is 28.7. The van der Waals surface area contributed by atoms with Crippen molar-refractivity contribution in [2.45, 2.75) is 43.9 Å². The van der Waals surface area contributed by atoms with Crippen LogP contribution in [0.4, 0.5) is 0 Å². The molecule has 1 aliphatic carbocycles. The third-order valence-electron chi connectivity index (χ3n) is 9.92. The number of hydrogen-bond acceptors (Lipinski definition) is 9.